The van der Waals surface area contributed by atoms with E-state index in [2.05, 4.69) is 4.98 Å². The third-order valence-electron chi connectivity index (χ3n) is 5.85. The van der Waals surface area contributed by atoms with Crippen molar-refractivity contribution < 1.29 is 10.2 Å². The van der Waals surface area contributed by atoms with Crippen molar-refractivity contribution in [3.05, 3.63) is 110 Å². The predicted molar refractivity (Wildman–Crippen MR) is 138 cm³/mol. The maximum Gasteiger partial charge on any atom is 0.335 e. The number of hydrogen-bond acceptors (Lipinski definition) is 6. The van der Waals surface area contributed by atoms with Crippen LogP contribution in [0.5, 0.6) is 11.6 Å². The number of benzene rings is 3. The molecule has 0 radical (unpaired) electrons. The molecule has 0 spiro atoms. The van der Waals surface area contributed by atoms with Crippen LogP contribution >= 0.6 is 11.8 Å². The van der Waals surface area contributed by atoms with Gasteiger partial charge in [0.1, 0.15) is 11.3 Å². The molecule has 176 valence electrons. The SMILES string of the molecule is Cc1cc(C)cc(-n2c(O)c(C3=Nc4ccccc4S[C@H](c4cccc(O)c4)C3)c(=O)[nH]c2=O)c1. The lowest BCUT2D eigenvalue weighted by atomic mass is 10.0. The number of phenolic OH excluding ortho intramolecular Hbond substituents is 1. The van der Waals surface area contributed by atoms with E-state index in [4.69, 9.17) is 4.99 Å². The van der Waals surface area contributed by atoms with Gasteiger partial charge in [0.2, 0.25) is 5.88 Å². The van der Waals surface area contributed by atoms with Crippen LogP contribution in [0.25, 0.3) is 5.69 Å². The Balaban J connectivity index is 1.72. The van der Waals surface area contributed by atoms with Crippen molar-refractivity contribution in [1.82, 2.24) is 9.55 Å². The van der Waals surface area contributed by atoms with E-state index in [9.17, 15) is 19.8 Å². The molecule has 0 unspecified atom stereocenters. The van der Waals surface area contributed by atoms with Crippen molar-refractivity contribution in [3.63, 3.8) is 0 Å². The first-order chi connectivity index (χ1) is 16.8. The minimum Gasteiger partial charge on any atom is -0.508 e. The van der Waals surface area contributed by atoms with Gasteiger partial charge in [-0.1, -0.05) is 30.3 Å². The molecule has 0 bridgehead atoms. The third-order valence-corrected chi connectivity index (χ3v) is 7.17. The van der Waals surface area contributed by atoms with Gasteiger partial charge in [-0.2, -0.15) is 0 Å². The van der Waals surface area contributed by atoms with Gasteiger partial charge in [-0.05, 0) is 66.9 Å². The molecule has 1 atom stereocenters. The van der Waals surface area contributed by atoms with Crippen LogP contribution in [0.3, 0.4) is 0 Å². The Morgan fingerprint density at radius 1 is 0.971 bits per heavy atom. The van der Waals surface area contributed by atoms with Crippen LogP contribution < -0.4 is 11.2 Å². The summed E-state index contributed by atoms with van der Waals surface area (Å²) in [4.78, 5) is 33.9. The number of aryl methyl sites for hydroxylation is 2. The van der Waals surface area contributed by atoms with Crippen LogP contribution in [-0.2, 0) is 0 Å². The summed E-state index contributed by atoms with van der Waals surface area (Å²) in [6.07, 6.45) is 0.296. The molecule has 1 aromatic heterocycles. The van der Waals surface area contributed by atoms with Gasteiger partial charge in [0.05, 0.1) is 17.1 Å². The summed E-state index contributed by atoms with van der Waals surface area (Å²) < 4.78 is 1.10. The molecule has 0 saturated carbocycles. The Hall–Kier alpha value is -4.04. The lowest BCUT2D eigenvalue weighted by molar-refractivity contribution is 0.429. The highest BCUT2D eigenvalue weighted by Gasteiger charge is 2.27. The number of thioether (sulfide) groups is 1. The fourth-order valence-corrected chi connectivity index (χ4v) is 5.61. The van der Waals surface area contributed by atoms with Crippen molar-refractivity contribution in [2.45, 2.75) is 30.4 Å². The van der Waals surface area contributed by atoms with Crippen LogP contribution in [0.15, 0.2) is 86.2 Å². The molecule has 3 N–H and O–H groups in total. The summed E-state index contributed by atoms with van der Waals surface area (Å²) >= 11 is 1.57. The first kappa shape index (κ1) is 22.7. The predicted octanol–water partition coefficient (Wildman–Crippen LogP) is 4.91. The first-order valence-electron chi connectivity index (χ1n) is 11.1. The van der Waals surface area contributed by atoms with Crippen LogP contribution in [0, 0.1) is 13.8 Å². The molecule has 1 aliphatic rings. The van der Waals surface area contributed by atoms with Gasteiger partial charge in [0, 0.05) is 16.6 Å². The second-order valence-electron chi connectivity index (χ2n) is 8.57. The van der Waals surface area contributed by atoms with Gasteiger partial charge in [-0.15, -0.1) is 11.8 Å². The van der Waals surface area contributed by atoms with Gasteiger partial charge >= 0.3 is 5.69 Å². The van der Waals surface area contributed by atoms with Crippen LogP contribution in [0.2, 0.25) is 0 Å². The van der Waals surface area contributed by atoms with E-state index < -0.39 is 17.1 Å². The standard InChI is InChI=1S/C27H23N3O4S/c1-15-10-16(2)12-18(11-15)30-26(33)24(25(32)29-27(30)34)21-14-23(17-6-5-7-19(31)13-17)35-22-9-4-3-8-20(22)28-21/h3-13,23,31,33H,14H2,1-2H3,(H,29,32,34)/t23-/m0/s1. The van der Waals surface area contributed by atoms with Gasteiger partial charge in [-0.25, -0.2) is 9.36 Å². The van der Waals surface area contributed by atoms with Crippen molar-refractivity contribution >= 4 is 23.2 Å². The Bertz CT molecular complexity index is 1580. The maximum atomic E-state index is 13.0. The number of nitrogens with zero attached hydrogens (tertiary/aromatic N) is 2. The Labute approximate surface area is 205 Å². The molecule has 0 amide bonds. The molecular weight excluding hydrogens is 462 g/mol. The molecule has 5 rings (SSSR count). The number of rotatable bonds is 3. The van der Waals surface area contributed by atoms with E-state index in [1.54, 1.807) is 42.1 Å². The number of H-pyrrole nitrogens is 1. The summed E-state index contributed by atoms with van der Waals surface area (Å²) in [5, 5.41) is 21.1. The second kappa shape index (κ2) is 8.96. The third kappa shape index (κ3) is 4.40. The highest BCUT2D eigenvalue weighted by molar-refractivity contribution is 7.99. The van der Waals surface area contributed by atoms with Crippen molar-refractivity contribution in [2.75, 3.05) is 0 Å². The van der Waals surface area contributed by atoms with Crippen LogP contribution in [0.1, 0.15) is 33.9 Å². The van der Waals surface area contributed by atoms with Crippen LogP contribution in [-0.4, -0.2) is 25.5 Å². The lowest BCUT2D eigenvalue weighted by Crippen LogP contribution is -2.33. The minimum atomic E-state index is -0.727. The number of aromatic hydroxyl groups is 2. The van der Waals surface area contributed by atoms with E-state index in [1.807, 2.05) is 50.2 Å². The maximum absolute atomic E-state index is 13.0. The Morgan fingerprint density at radius 3 is 2.46 bits per heavy atom. The number of nitrogens with one attached hydrogen (secondary N) is 1. The second-order valence-corrected chi connectivity index (χ2v) is 9.82. The molecule has 1 aliphatic heterocycles. The fraction of sp³-hybridized carbons (Fsp3) is 0.148. The molecular formula is C27H23N3O4S. The molecule has 0 fully saturated rings. The summed E-state index contributed by atoms with van der Waals surface area (Å²) in [5.74, 6) is -0.315. The van der Waals surface area contributed by atoms with Gasteiger partial charge in [-0.3, -0.25) is 14.8 Å². The summed E-state index contributed by atoms with van der Waals surface area (Å²) in [6.45, 7) is 3.79. The lowest BCUT2D eigenvalue weighted by Gasteiger charge is -2.17. The highest BCUT2D eigenvalue weighted by atomic mass is 32.2. The minimum absolute atomic E-state index is 0.0498. The first-order valence-corrected chi connectivity index (χ1v) is 12.0. The zero-order valence-corrected chi connectivity index (χ0v) is 20.0. The molecule has 3 aromatic carbocycles. The molecule has 8 heteroatoms. The fourth-order valence-electron chi connectivity index (χ4n) is 4.38. The summed E-state index contributed by atoms with van der Waals surface area (Å²) in [5.41, 5.74) is 2.69. The van der Waals surface area contributed by atoms with Crippen LogP contribution in [0.4, 0.5) is 5.69 Å². The van der Waals surface area contributed by atoms with Crippen molar-refractivity contribution in [3.8, 4) is 17.3 Å². The smallest absolute Gasteiger partial charge is 0.335 e. The number of phenols is 1. The van der Waals surface area contributed by atoms with Crippen molar-refractivity contribution in [2.24, 2.45) is 4.99 Å². The number of hydrogen-bond donors (Lipinski definition) is 3. The number of fused-ring (bicyclic) bond motifs is 1. The molecule has 7 nitrogen and oxygen atoms in total. The van der Waals surface area contributed by atoms with Gasteiger partial charge in [0.25, 0.3) is 5.56 Å². The molecule has 0 saturated heterocycles. The van der Waals surface area contributed by atoms with E-state index in [1.165, 1.54) is 0 Å². The number of aromatic nitrogens is 2. The van der Waals surface area contributed by atoms with E-state index in [0.717, 1.165) is 26.2 Å². The number of aromatic amines is 1. The molecule has 2 heterocycles. The van der Waals surface area contributed by atoms with Crippen molar-refractivity contribution in [1.29, 1.82) is 0 Å². The van der Waals surface area contributed by atoms with E-state index >= 15 is 0 Å². The topological polar surface area (TPSA) is 108 Å². The molecule has 4 aromatic rings. The quantitative estimate of drug-likeness (QED) is 0.382. The Morgan fingerprint density at radius 2 is 1.71 bits per heavy atom. The van der Waals surface area contributed by atoms with Gasteiger partial charge in [0.15, 0.2) is 0 Å². The molecule has 0 aliphatic carbocycles. The highest BCUT2D eigenvalue weighted by Crippen LogP contribution is 2.46. The largest absolute Gasteiger partial charge is 0.508 e. The average Bonchev–Trinajstić information content (AvgIpc) is 2.98. The zero-order chi connectivity index (χ0) is 24.7. The average molecular weight is 486 g/mol. The summed E-state index contributed by atoms with van der Waals surface area (Å²) in [6, 6.07) is 20.0. The monoisotopic (exact) mass is 485 g/mol. The van der Waals surface area contributed by atoms with Gasteiger partial charge < -0.3 is 10.2 Å². The molecule has 35 heavy (non-hydrogen) atoms. The Kier molecular flexibility index (Phi) is 5.82. The zero-order valence-electron chi connectivity index (χ0n) is 19.1. The van der Waals surface area contributed by atoms with E-state index in [-0.39, 0.29) is 16.6 Å². The summed E-state index contributed by atoms with van der Waals surface area (Å²) in [7, 11) is 0. The number of aliphatic imine (C=N–C) groups is 1. The number of para-hydroxylation sites is 1. The van der Waals surface area contributed by atoms with E-state index in [0.29, 0.717) is 23.5 Å². The normalized spacial score (nSPS) is 15.3.